The van der Waals surface area contributed by atoms with Crippen LogP contribution < -0.4 is 0 Å². The third kappa shape index (κ3) is 4.63. The van der Waals surface area contributed by atoms with Gasteiger partial charge in [0.15, 0.2) is 0 Å². The molecule has 0 atom stereocenters. The van der Waals surface area contributed by atoms with Crippen LogP contribution in [-0.4, -0.2) is 12.3 Å². The molecule has 0 saturated carbocycles. The van der Waals surface area contributed by atoms with Crippen molar-refractivity contribution in [3.8, 4) is 0 Å². The maximum atomic E-state index is 13.0. The minimum Gasteiger partial charge on any atom is -0.373 e. The van der Waals surface area contributed by atoms with Crippen LogP contribution in [0, 0.1) is 0 Å². The Morgan fingerprint density at radius 3 is 2.38 bits per heavy atom. The van der Waals surface area contributed by atoms with Gasteiger partial charge in [-0.05, 0) is 19.4 Å². The fourth-order valence-corrected chi connectivity index (χ4v) is 0.986. The Morgan fingerprint density at radius 2 is 1.85 bits per heavy atom. The quantitative estimate of drug-likeness (QED) is 0.695. The predicted molar refractivity (Wildman–Crippen MR) is 51.3 cm³/mol. The molecule has 1 nitrogen and oxygen atoms in total. The Morgan fingerprint density at radius 1 is 1.23 bits per heavy atom. The van der Waals surface area contributed by atoms with Crippen molar-refractivity contribution in [3.63, 3.8) is 0 Å². The van der Waals surface area contributed by atoms with Crippen LogP contribution in [-0.2, 0) is 11.3 Å². The topological polar surface area (TPSA) is 9.23 Å². The van der Waals surface area contributed by atoms with Crippen LogP contribution in [0.15, 0.2) is 30.3 Å². The zero-order valence-corrected chi connectivity index (χ0v) is 8.09. The van der Waals surface area contributed by atoms with Gasteiger partial charge in [0, 0.05) is 0 Å². The highest BCUT2D eigenvalue weighted by Gasteiger charge is 2.14. The lowest BCUT2D eigenvalue weighted by Gasteiger charge is -2.13. The van der Waals surface area contributed by atoms with Gasteiger partial charge in [-0.1, -0.05) is 30.3 Å². The van der Waals surface area contributed by atoms with E-state index in [2.05, 4.69) is 0 Å². The van der Waals surface area contributed by atoms with Crippen molar-refractivity contribution < 1.29 is 9.13 Å². The second kappa shape index (κ2) is 4.38. The lowest BCUT2D eigenvalue weighted by molar-refractivity contribution is 0.0277. The number of hydrogen-bond acceptors (Lipinski definition) is 1. The molecule has 0 spiro atoms. The zero-order valence-electron chi connectivity index (χ0n) is 8.09. The zero-order chi connectivity index (χ0) is 9.73. The molecule has 0 aliphatic heterocycles. The van der Waals surface area contributed by atoms with Crippen LogP contribution in [0.4, 0.5) is 4.39 Å². The first kappa shape index (κ1) is 10.2. The fraction of sp³-hybridized carbons (Fsp3) is 0.455. The molecule has 0 aliphatic rings. The molecular formula is C11H15FO. The largest absolute Gasteiger partial charge is 0.373 e. The third-order valence-corrected chi connectivity index (χ3v) is 1.56. The second-order valence-corrected chi connectivity index (χ2v) is 3.70. The molecule has 1 rings (SSSR count). The summed E-state index contributed by atoms with van der Waals surface area (Å²) in [5.41, 5.74) is -0.166. The summed E-state index contributed by atoms with van der Waals surface area (Å²) in [5, 5.41) is 0. The van der Waals surface area contributed by atoms with Crippen LogP contribution >= 0.6 is 0 Å². The number of alkyl halides is 1. The van der Waals surface area contributed by atoms with E-state index in [-0.39, 0.29) is 6.61 Å². The van der Waals surface area contributed by atoms with Gasteiger partial charge < -0.3 is 4.74 Å². The van der Waals surface area contributed by atoms with Gasteiger partial charge >= 0.3 is 0 Å². The molecule has 0 N–H and O–H groups in total. The summed E-state index contributed by atoms with van der Waals surface area (Å²) >= 11 is 0. The minimum atomic E-state index is -1.24. The highest BCUT2D eigenvalue weighted by atomic mass is 19.1. The summed E-state index contributed by atoms with van der Waals surface area (Å²) in [5.74, 6) is 0. The molecule has 1 aromatic rings. The molecule has 0 aliphatic carbocycles. The predicted octanol–water partition coefficient (Wildman–Crippen LogP) is 2.95. The second-order valence-electron chi connectivity index (χ2n) is 3.70. The summed E-state index contributed by atoms with van der Waals surface area (Å²) in [6, 6.07) is 9.76. The van der Waals surface area contributed by atoms with Gasteiger partial charge in [-0.2, -0.15) is 0 Å². The van der Waals surface area contributed by atoms with E-state index in [1.54, 1.807) is 0 Å². The normalized spacial score (nSPS) is 11.6. The maximum absolute atomic E-state index is 13.0. The molecule has 0 amide bonds. The first-order valence-corrected chi connectivity index (χ1v) is 4.38. The molecule has 72 valence electrons. The summed E-state index contributed by atoms with van der Waals surface area (Å²) in [6.45, 7) is 3.64. The first-order chi connectivity index (χ1) is 6.08. The first-order valence-electron chi connectivity index (χ1n) is 4.38. The van der Waals surface area contributed by atoms with E-state index in [1.165, 1.54) is 13.8 Å². The van der Waals surface area contributed by atoms with E-state index in [1.807, 2.05) is 30.3 Å². The highest BCUT2D eigenvalue weighted by molar-refractivity contribution is 5.13. The van der Waals surface area contributed by atoms with Gasteiger partial charge in [0.25, 0.3) is 0 Å². The fourth-order valence-electron chi connectivity index (χ4n) is 0.986. The van der Waals surface area contributed by atoms with Crippen molar-refractivity contribution in [3.05, 3.63) is 35.9 Å². The van der Waals surface area contributed by atoms with Crippen molar-refractivity contribution in [1.82, 2.24) is 0 Å². The number of rotatable bonds is 4. The van der Waals surface area contributed by atoms with E-state index >= 15 is 0 Å². The van der Waals surface area contributed by atoms with Crippen LogP contribution in [0.1, 0.15) is 19.4 Å². The SMILES string of the molecule is CC(C)(F)COCc1ccccc1. The highest BCUT2D eigenvalue weighted by Crippen LogP contribution is 2.09. The lowest BCUT2D eigenvalue weighted by atomic mass is 10.2. The summed E-state index contributed by atoms with van der Waals surface area (Å²) < 4.78 is 18.2. The number of hydrogen-bond donors (Lipinski definition) is 0. The van der Waals surface area contributed by atoms with Crippen molar-refractivity contribution in [2.75, 3.05) is 6.61 Å². The van der Waals surface area contributed by atoms with Gasteiger partial charge in [-0.15, -0.1) is 0 Å². The summed E-state index contributed by atoms with van der Waals surface area (Å²) in [7, 11) is 0. The average molecular weight is 182 g/mol. The van der Waals surface area contributed by atoms with Gasteiger partial charge in [0.2, 0.25) is 0 Å². The maximum Gasteiger partial charge on any atom is 0.128 e. The molecule has 0 unspecified atom stereocenters. The van der Waals surface area contributed by atoms with E-state index in [0.717, 1.165) is 5.56 Å². The van der Waals surface area contributed by atoms with Crippen LogP contribution in [0.25, 0.3) is 0 Å². The smallest absolute Gasteiger partial charge is 0.128 e. The Hall–Kier alpha value is -0.890. The van der Waals surface area contributed by atoms with Crippen molar-refractivity contribution in [1.29, 1.82) is 0 Å². The van der Waals surface area contributed by atoms with E-state index < -0.39 is 5.67 Å². The van der Waals surface area contributed by atoms with Crippen LogP contribution in [0.5, 0.6) is 0 Å². The van der Waals surface area contributed by atoms with E-state index in [9.17, 15) is 4.39 Å². The van der Waals surface area contributed by atoms with Crippen LogP contribution in [0.2, 0.25) is 0 Å². The Balaban J connectivity index is 2.29. The molecule has 2 heteroatoms. The molecule has 13 heavy (non-hydrogen) atoms. The number of benzene rings is 1. The van der Waals surface area contributed by atoms with Crippen molar-refractivity contribution >= 4 is 0 Å². The molecular weight excluding hydrogens is 167 g/mol. The van der Waals surface area contributed by atoms with Gasteiger partial charge in [0.05, 0.1) is 13.2 Å². The Labute approximate surface area is 78.5 Å². The standard InChI is InChI=1S/C11H15FO/c1-11(2,12)9-13-8-10-6-4-3-5-7-10/h3-7H,8-9H2,1-2H3. The Kier molecular flexibility index (Phi) is 3.43. The van der Waals surface area contributed by atoms with Gasteiger partial charge in [-0.25, -0.2) is 4.39 Å². The summed E-state index contributed by atoms with van der Waals surface area (Å²) in [4.78, 5) is 0. The van der Waals surface area contributed by atoms with Crippen LogP contribution in [0.3, 0.4) is 0 Å². The van der Waals surface area contributed by atoms with Gasteiger partial charge in [-0.3, -0.25) is 0 Å². The van der Waals surface area contributed by atoms with E-state index in [4.69, 9.17) is 4.74 Å². The Bertz CT molecular complexity index is 238. The molecule has 0 saturated heterocycles. The molecule has 0 radical (unpaired) electrons. The van der Waals surface area contributed by atoms with Gasteiger partial charge in [0.1, 0.15) is 5.67 Å². The lowest BCUT2D eigenvalue weighted by Crippen LogP contribution is -2.20. The monoisotopic (exact) mass is 182 g/mol. The molecule has 0 bridgehead atoms. The molecule has 0 fully saturated rings. The number of ether oxygens (including phenoxy) is 1. The van der Waals surface area contributed by atoms with Crippen molar-refractivity contribution in [2.45, 2.75) is 26.1 Å². The number of halogens is 1. The molecule has 0 heterocycles. The average Bonchev–Trinajstić information content (AvgIpc) is 2.04. The third-order valence-electron chi connectivity index (χ3n) is 1.56. The summed E-state index contributed by atoms with van der Waals surface area (Å²) in [6.07, 6.45) is 0. The van der Waals surface area contributed by atoms with Crippen molar-refractivity contribution in [2.24, 2.45) is 0 Å². The molecule has 1 aromatic carbocycles. The van der Waals surface area contributed by atoms with E-state index in [0.29, 0.717) is 6.61 Å². The minimum absolute atomic E-state index is 0.141. The molecule has 0 aromatic heterocycles.